The average molecular weight is 256 g/mol. The van der Waals surface area contributed by atoms with E-state index >= 15 is 0 Å². The summed E-state index contributed by atoms with van der Waals surface area (Å²) in [5.74, 6) is -0.314. The number of fused-ring (bicyclic) bond motifs is 1. The zero-order valence-electron chi connectivity index (χ0n) is 10.9. The van der Waals surface area contributed by atoms with Crippen molar-refractivity contribution < 1.29 is 9.53 Å². The maximum absolute atomic E-state index is 11.8. The maximum atomic E-state index is 11.8. The van der Waals surface area contributed by atoms with Gasteiger partial charge in [-0.15, -0.1) is 0 Å². The first kappa shape index (κ1) is 12.0. The number of rotatable bonds is 2. The molecule has 1 saturated heterocycles. The summed E-state index contributed by atoms with van der Waals surface area (Å²) in [7, 11) is 1.40. The van der Waals surface area contributed by atoms with Gasteiger partial charge in [0.2, 0.25) is 0 Å². The number of carbonyl (C=O) groups is 1. The number of methoxy groups -OCH3 is 1. The number of benzene rings is 1. The molecule has 19 heavy (non-hydrogen) atoms. The zero-order valence-corrected chi connectivity index (χ0v) is 10.9. The molecule has 4 heteroatoms. The Hall–Kier alpha value is -2.10. The lowest BCUT2D eigenvalue weighted by molar-refractivity contribution is 0.0603. The highest BCUT2D eigenvalue weighted by Gasteiger charge is 2.15. The van der Waals surface area contributed by atoms with Crippen LogP contribution in [-0.4, -0.2) is 31.2 Å². The van der Waals surface area contributed by atoms with Crippen molar-refractivity contribution in [3.63, 3.8) is 0 Å². The first-order valence-corrected chi connectivity index (χ1v) is 6.51. The van der Waals surface area contributed by atoms with Gasteiger partial charge < -0.3 is 9.64 Å². The molecule has 3 rings (SSSR count). The minimum Gasteiger partial charge on any atom is -0.465 e. The lowest BCUT2D eigenvalue weighted by atomic mass is 10.1. The molecule has 0 N–H and O–H groups in total. The normalized spacial score (nSPS) is 14.9. The molecule has 1 aliphatic heterocycles. The Morgan fingerprint density at radius 1 is 1.26 bits per heavy atom. The molecule has 0 aliphatic carbocycles. The predicted molar refractivity (Wildman–Crippen MR) is 74.5 cm³/mol. The van der Waals surface area contributed by atoms with E-state index in [0.29, 0.717) is 5.56 Å². The summed E-state index contributed by atoms with van der Waals surface area (Å²) in [6, 6.07) is 7.79. The van der Waals surface area contributed by atoms with Gasteiger partial charge >= 0.3 is 5.97 Å². The van der Waals surface area contributed by atoms with Crippen LogP contribution in [0.2, 0.25) is 0 Å². The molecule has 2 heterocycles. The fraction of sp³-hybridized carbons (Fsp3) is 0.333. The van der Waals surface area contributed by atoms with Crippen molar-refractivity contribution in [3.8, 4) is 0 Å². The van der Waals surface area contributed by atoms with Crippen molar-refractivity contribution in [3.05, 3.63) is 36.0 Å². The molecule has 0 atom stereocenters. The number of hydrogen-bond donors (Lipinski definition) is 0. The Kier molecular flexibility index (Phi) is 3.07. The van der Waals surface area contributed by atoms with Crippen molar-refractivity contribution >= 4 is 22.6 Å². The van der Waals surface area contributed by atoms with Gasteiger partial charge in [-0.3, -0.25) is 4.98 Å². The van der Waals surface area contributed by atoms with Gasteiger partial charge in [0.05, 0.1) is 18.2 Å². The highest BCUT2D eigenvalue weighted by Crippen LogP contribution is 2.26. The fourth-order valence-electron chi connectivity index (χ4n) is 2.59. The molecule has 0 spiro atoms. The van der Waals surface area contributed by atoms with Crippen LogP contribution in [0.5, 0.6) is 0 Å². The largest absolute Gasteiger partial charge is 0.465 e. The van der Waals surface area contributed by atoms with Gasteiger partial charge in [0, 0.05) is 30.4 Å². The van der Waals surface area contributed by atoms with Crippen molar-refractivity contribution in [1.82, 2.24) is 4.98 Å². The van der Waals surface area contributed by atoms with Crippen LogP contribution in [0.3, 0.4) is 0 Å². The second-order valence-electron chi connectivity index (χ2n) is 4.75. The Labute approximate surface area is 112 Å². The first-order valence-electron chi connectivity index (χ1n) is 6.51. The minimum atomic E-state index is -0.314. The highest BCUT2D eigenvalue weighted by molar-refractivity contribution is 6.04. The van der Waals surface area contributed by atoms with Gasteiger partial charge in [-0.2, -0.15) is 0 Å². The van der Waals surface area contributed by atoms with Crippen LogP contribution >= 0.6 is 0 Å². The molecule has 0 radical (unpaired) electrons. The number of aromatic nitrogens is 1. The molecular weight excluding hydrogens is 240 g/mol. The summed E-state index contributed by atoms with van der Waals surface area (Å²) in [5, 5.41) is 0.860. The van der Waals surface area contributed by atoms with E-state index in [2.05, 4.69) is 16.0 Å². The number of nitrogens with zero attached hydrogens (tertiary/aromatic N) is 2. The molecule has 98 valence electrons. The quantitative estimate of drug-likeness (QED) is 0.775. The third kappa shape index (κ3) is 2.14. The predicted octanol–water partition coefficient (Wildman–Crippen LogP) is 2.62. The monoisotopic (exact) mass is 256 g/mol. The van der Waals surface area contributed by atoms with E-state index in [0.717, 1.165) is 29.7 Å². The molecule has 1 aromatic carbocycles. The van der Waals surface area contributed by atoms with Crippen LogP contribution < -0.4 is 4.90 Å². The third-order valence-electron chi connectivity index (χ3n) is 3.60. The van der Waals surface area contributed by atoms with Gasteiger partial charge in [0.1, 0.15) is 0 Å². The molecular formula is C15H16N2O2. The standard InChI is InChI=1S/C15H16N2O2/c1-19-15(18)12-6-7-16-14-5-4-11(10-13(12)14)17-8-2-3-9-17/h4-7,10H,2-3,8-9H2,1H3. The molecule has 0 amide bonds. The van der Waals surface area contributed by atoms with Crippen LogP contribution in [0.1, 0.15) is 23.2 Å². The number of esters is 1. The van der Waals surface area contributed by atoms with Gasteiger partial charge in [0.15, 0.2) is 0 Å². The van der Waals surface area contributed by atoms with Gasteiger partial charge in [-0.05, 0) is 37.1 Å². The lowest BCUT2D eigenvalue weighted by Gasteiger charge is -2.18. The van der Waals surface area contributed by atoms with E-state index in [9.17, 15) is 4.79 Å². The van der Waals surface area contributed by atoms with Crippen LogP contribution in [0.25, 0.3) is 10.9 Å². The first-order chi connectivity index (χ1) is 9.29. The maximum Gasteiger partial charge on any atom is 0.338 e. The number of pyridine rings is 1. The van der Waals surface area contributed by atoms with Gasteiger partial charge in [-0.25, -0.2) is 4.79 Å². The molecule has 2 aromatic rings. The highest BCUT2D eigenvalue weighted by atomic mass is 16.5. The van der Waals surface area contributed by atoms with E-state index in [1.165, 1.54) is 20.0 Å². The van der Waals surface area contributed by atoms with Crippen LogP contribution in [0, 0.1) is 0 Å². The SMILES string of the molecule is COC(=O)c1ccnc2ccc(N3CCCC3)cc12. The number of hydrogen-bond acceptors (Lipinski definition) is 4. The van der Waals surface area contributed by atoms with Crippen molar-refractivity contribution in [2.75, 3.05) is 25.1 Å². The van der Waals surface area contributed by atoms with Crippen LogP contribution in [0.15, 0.2) is 30.5 Å². The van der Waals surface area contributed by atoms with E-state index in [1.807, 2.05) is 12.1 Å². The van der Waals surface area contributed by atoms with Crippen LogP contribution in [0.4, 0.5) is 5.69 Å². The minimum absolute atomic E-state index is 0.314. The van der Waals surface area contributed by atoms with Crippen LogP contribution in [-0.2, 0) is 4.74 Å². The summed E-state index contributed by atoms with van der Waals surface area (Å²) in [6.07, 6.45) is 4.11. The molecule has 4 nitrogen and oxygen atoms in total. The van der Waals surface area contributed by atoms with Gasteiger partial charge in [0.25, 0.3) is 0 Å². The molecule has 0 bridgehead atoms. The molecule has 1 fully saturated rings. The van der Waals surface area contributed by atoms with Crippen molar-refractivity contribution in [2.45, 2.75) is 12.8 Å². The Morgan fingerprint density at radius 2 is 2.05 bits per heavy atom. The summed E-state index contributed by atoms with van der Waals surface area (Å²) in [6.45, 7) is 2.17. The Bertz CT molecular complexity index is 619. The number of ether oxygens (including phenoxy) is 1. The van der Waals surface area contributed by atoms with E-state index in [1.54, 1.807) is 12.3 Å². The van der Waals surface area contributed by atoms with Crippen molar-refractivity contribution in [1.29, 1.82) is 0 Å². The van der Waals surface area contributed by atoms with E-state index in [4.69, 9.17) is 4.74 Å². The van der Waals surface area contributed by atoms with Gasteiger partial charge in [-0.1, -0.05) is 0 Å². The second-order valence-corrected chi connectivity index (χ2v) is 4.75. The van der Waals surface area contributed by atoms with E-state index < -0.39 is 0 Å². The average Bonchev–Trinajstić information content (AvgIpc) is 2.99. The molecule has 0 unspecified atom stereocenters. The van der Waals surface area contributed by atoms with E-state index in [-0.39, 0.29) is 5.97 Å². The molecule has 1 aliphatic rings. The fourth-order valence-corrected chi connectivity index (χ4v) is 2.59. The Morgan fingerprint density at radius 3 is 2.79 bits per heavy atom. The molecule has 1 aromatic heterocycles. The summed E-state index contributed by atoms with van der Waals surface area (Å²) >= 11 is 0. The smallest absolute Gasteiger partial charge is 0.338 e. The van der Waals surface area contributed by atoms with Crippen molar-refractivity contribution in [2.24, 2.45) is 0 Å². The number of carbonyl (C=O) groups excluding carboxylic acids is 1. The molecule has 0 saturated carbocycles. The summed E-state index contributed by atoms with van der Waals surface area (Å²) in [5.41, 5.74) is 2.56. The number of anilines is 1. The Balaban J connectivity index is 2.11. The zero-order chi connectivity index (χ0) is 13.2. The topological polar surface area (TPSA) is 42.4 Å². The summed E-state index contributed by atoms with van der Waals surface area (Å²) < 4.78 is 4.83. The lowest BCUT2D eigenvalue weighted by Crippen LogP contribution is -2.17. The second kappa shape index (κ2) is 4.88. The summed E-state index contributed by atoms with van der Waals surface area (Å²) in [4.78, 5) is 18.4. The third-order valence-corrected chi connectivity index (χ3v) is 3.60.